The topological polar surface area (TPSA) is 37.4 Å². The number of sulfonamides is 1. The highest BCUT2D eigenvalue weighted by molar-refractivity contribution is 9.10. The first-order chi connectivity index (χ1) is 8.86. The van der Waals surface area contributed by atoms with Crippen molar-refractivity contribution in [1.29, 1.82) is 0 Å². The first-order valence-electron chi connectivity index (χ1n) is 6.21. The fourth-order valence-corrected chi connectivity index (χ4v) is 4.97. The van der Waals surface area contributed by atoms with Crippen LogP contribution in [0, 0.1) is 12.8 Å². The molecule has 106 valence electrons. The molecule has 0 aromatic heterocycles. The van der Waals surface area contributed by atoms with Crippen LogP contribution in [0.4, 0.5) is 0 Å². The molecule has 0 amide bonds. The average Bonchev–Trinajstić information content (AvgIpc) is 2.79. The molecule has 1 atom stereocenters. The first kappa shape index (κ1) is 15.3. The van der Waals surface area contributed by atoms with Crippen molar-refractivity contribution in [3.05, 3.63) is 27.7 Å². The molecule has 0 saturated carbocycles. The first-order valence-corrected chi connectivity index (χ1v) is 8.98. The SMILES string of the molecule is Cc1c(Br)cc(CCl)cc1S(=O)(=O)N1CCC(C)C1. The smallest absolute Gasteiger partial charge is 0.207 e. The maximum absolute atomic E-state index is 12.7. The van der Waals surface area contributed by atoms with Gasteiger partial charge < -0.3 is 0 Å². The lowest BCUT2D eigenvalue weighted by Gasteiger charge is -2.19. The van der Waals surface area contributed by atoms with Crippen LogP contribution in [-0.4, -0.2) is 25.8 Å². The second kappa shape index (κ2) is 5.72. The summed E-state index contributed by atoms with van der Waals surface area (Å²) >= 11 is 9.24. The average molecular weight is 367 g/mol. The standard InChI is InChI=1S/C13H17BrClNO2S/c1-9-3-4-16(8-9)19(17,18)13-6-11(7-15)5-12(14)10(13)2/h5-6,9H,3-4,7-8H2,1-2H3. The van der Waals surface area contributed by atoms with E-state index >= 15 is 0 Å². The van der Waals surface area contributed by atoms with Crippen LogP contribution in [0.25, 0.3) is 0 Å². The summed E-state index contributed by atoms with van der Waals surface area (Å²) in [5, 5.41) is 0. The van der Waals surface area contributed by atoms with Crippen molar-refractivity contribution in [3.8, 4) is 0 Å². The monoisotopic (exact) mass is 365 g/mol. The van der Waals surface area contributed by atoms with Gasteiger partial charge in [0.15, 0.2) is 0 Å². The van der Waals surface area contributed by atoms with Crippen molar-refractivity contribution in [3.63, 3.8) is 0 Å². The van der Waals surface area contributed by atoms with Gasteiger partial charge in [-0.25, -0.2) is 8.42 Å². The molecule has 0 spiro atoms. The Morgan fingerprint density at radius 1 is 1.47 bits per heavy atom. The van der Waals surface area contributed by atoms with Gasteiger partial charge in [-0.3, -0.25) is 0 Å². The zero-order chi connectivity index (χ0) is 14.2. The molecule has 19 heavy (non-hydrogen) atoms. The van der Waals surface area contributed by atoms with Crippen LogP contribution in [0.5, 0.6) is 0 Å². The van der Waals surface area contributed by atoms with E-state index in [9.17, 15) is 8.42 Å². The van der Waals surface area contributed by atoms with Crippen LogP contribution < -0.4 is 0 Å². The minimum atomic E-state index is -3.41. The molecule has 1 unspecified atom stereocenters. The van der Waals surface area contributed by atoms with Crippen LogP contribution >= 0.6 is 27.5 Å². The lowest BCUT2D eigenvalue weighted by Crippen LogP contribution is -2.29. The molecule has 6 heteroatoms. The number of alkyl halides is 1. The molecule has 3 nitrogen and oxygen atoms in total. The number of halogens is 2. The molecule has 0 bridgehead atoms. The normalized spacial score (nSPS) is 20.9. The molecule has 1 aromatic rings. The van der Waals surface area contributed by atoms with Crippen LogP contribution in [0.15, 0.2) is 21.5 Å². The van der Waals surface area contributed by atoms with E-state index < -0.39 is 10.0 Å². The zero-order valence-electron chi connectivity index (χ0n) is 11.0. The molecular weight excluding hydrogens is 350 g/mol. The molecule has 1 fully saturated rings. The maximum atomic E-state index is 12.7. The fraction of sp³-hybridized carbons (Fsp3) is 0.538. The number of rotatable bonds is 3. The molecule has 0 radical (unpaired) electrons. The van der Waals surface area contributed by atoms with Crippen molar-refractivity contribution < 1.29 is 8.42 Å². The molecule has 1 saturated heterocycles. The van der Waals surface area contributed by atoms with E-state index in [1.54, 1.807) is 10.4 Å². The maximum Gasteiger partial charge on any atom is 0.243 e. The Morgan fingerprint density at radius 3 is 2.68 bits per heavy atom. The van der Waals surface area contributed by atoms with E-state index in [0.717, 1.165) is 22.0 Å². The summed E-state index contributed by atoms with van der Waals surface area (Å²) < 4.78 is 27.7. The second-order valence-corrected chi connectivity index (χ2v) is 8.12. The molecule has 0 aliphatic carbocycles. The van der Waals surface area contributed by atoms with E-state index in [4.69, 9.17) is 11.6 Å². The van der Waals surface area contributed by atoms with E-state index in [1.807, 2.05) is 13.0 Å². The molecule has 1 heterocycles. The van der Waals surface area contributed by atoms with E-state index in [1.165, 1.54) is 0 Å². The number of hydrogen-bond donors (Lipinski definition) is 0. The van der Waals surface area contributed by atoms with E-state index in [-0.39, 0.29) is 0 Å². The summed E-state index contributed by atoms with van der Waals surface area (Å²) in [4.78, 5) is 0.367. The summed E-state index contributed by atoms with van der Waals surface area (Å²) in [7, 11) is -3.41. The van der Waals surface area contributed by atoms with Gasteiger partial charge in [0.1, 0.15) is 0 Å². The lowest BCUT2D eigenvalue weighted by molar-refractivity contribution is 0.464. The largest absolute Gasteiger partial charge is 0.243 e. The predicted octanol–water partition coefficient (Wildman–Crippen LogP) is 3.53. The van der Waals surface area contributed by atoms with Gasteiger partial charge in [0.05, 0.1) is 4.90 Å². The third-order valence-corrected chi connectivity index (χ3v) is 6.64. The Bertz CT molecular complexity index is 589. The predicted molar refractivity (Wildman–Crippen MR) is 81.0 cm³/mol. The van der Waals surface area contributed by atoms with Gasteiger partial charge >= 0.3 is 0 Å². The molecule has 1 aromatic carbocycles. The van der Waals surface area contributed by atoms with E-state index in [2.05, 4.69) is 22.9 Å². The third-order valence-electron chi connectivity index (χ3n) is 3.52. The van der Waals surface area contributed by atoms with E-state index in [0.29, 0.717) is 29.8 Å². The Morgan fingerprint density at radius 2 is 2.16 bits per heavy atom. The minimum absolute atomic E-state index is 0.303. The summed E-state index contributed by atoms with van der Waals surface area (Å²) in [6.07, 6.45) is 0.925. The van der Waals surface area contributed by atoms with Gasteiger partial charge in [-0.1, -0.05) is 22.9 Å². The Balaban J connectivity index is 2.48. The molecule has 1 aliphatic heterocycles. The highest BCUT2D eigenvalue weighted by Gasteiger charge is 2.32. The van der Waals surface area contributed by atoms with Crippen molar-refractivity contribution in [1.82, 2.24) is 4.31 Å². The van der Waals surface area contributed by atoms with Crippen LogP contribution in [0.3, 0.4) is 0 Å². The van der Waals surface area contributed by atoms with Gasteiger partial charge in [0, 0.05) is 23.4 Å². The van der Waals surface area contributed by atoms with Crippen LogP contribution in [0.2, 0.25) is 0 Å². The van der Waals surface area contributed by atoms with Crippen LogP contribution in [0.1, 0.15) is 24.5 Å². The highest BCUT2D eigenvalue weighted by Crippen LogP contribution is 2.31. The summed E-state index contributed by atoms with van der Waals surface area (Å²) in [5.41, 5.74) is 1.55. The summed E-state index contributed by atoms with van der Waals surface area (Å²) in [6, 6.07) is 3.55. The van der Waals surface area contributed by atoms with Gasteiger partial charge in [0.2, 0.25) is 10.0 Å². The fourth-order valence-electron chi connectivity index (χ4n) is 2.30. The lowest BCUT2D eigenvalue weighted by atomic mass is 10.2. The number of benzene rings is 1. The third kappa shape index (κ3) is 2.99. The summed E-state index contributed by atoms with van der Waals surface area (Å²) in [6.45, 7) is 5.10. The summed E-state index contributed by atoms with van der Waals surface area (Å²) in [5.74, 6) is 0.729. The quantitative estimate of drug-likeness (QED) is 0.768. The number of nitrogens with zero attached hydrogens (tertiary/aromatic N) is 1. The van der Waals surface area contributed by atoms with Crippen molar-refractivity contribution in [2.45, 2.75) is 31.0 Å². The van der Waals surface area contributed by atoms with Crippen LogP contribution in [-0.2, 0) is 15.9 Å². The zero-order valence-corrected chi connectivity index (χ0v) is 14.1. The minimum Gasteiger partial charge on any atom is -0.207 e. The highest BCUT2D eigenvalue weighted by atomic mass is 79.9. The Kier molecular flexibility index (Phi) is 4.60. The van der Waals surface area contributed by atoms with Gasteiger partial charge in [-0.15, -0.1) is 11.6 Å². The van der Waals surface area contributed by atoms with Crippen molar-refractivity contribution >= 4 is 37.6 Å². The molecule has 2 rings (SSSR count). The number of hydrogen-bond acceptors (Lipinski definition) is 2. The Labute approximate surface area is 128 Å². The van der Waals surface area contributed by atoms with Crippen molar-refractivity contribution in [2.75, 3.05) is 13.1 Å². The Hall–Kier alpha value is -0.100. The van der Waals surface area contributed by atoms with Gasteiger partial charge in [-0.05, 0) is 42.5 Å². The second-order valence-electron chi connectivity index (χ2n) is 5.09. The van der Waals surface area contributed by atoms with Gasteiger partial charge in [-0.2, -0.15) is 4.31 Å². The van der Waals surface area contributed by atoms with Crippen molar-refractivity contribution in [2.24, 2.45) is 5.92 Å². The molecule has 1 aliphatic rings. The molecule has 0 N–H and O–H groups in total. The van der Waals surface area contributed by atoms with Gasteiger partial charge in [0.25, 0.3) is 0 Å². The molecular formula is C13H17BrClNO2S.